The number of carbonyl (C=O) groups excluding carboxylic acids is 1. The summed E-state index contributed by atoms with van der Waals surface area (Å²) < 4.78 is 24.8. The molecule has 0 bridgehead atoms. The second kappa shape index (κ2) is 11.1. The predicted octanol–water partition coefficient (Wildman–Crippen LogP) is 1.75. The van der Waals surface area contributed by atoms with Gasteiger partial charge in [-0.2, -0.15) is 0 Å². The lowest BCUT2D eigenvalue weighted by Gasteiger charge is -2.24. The van der Waals surface area contributed by atoms with Crippen LogP contribution in [0.15, 0.2) is 64.2 Å². The van der Waals surface area contributed by atoms with Gasteiger partial charge in [0.1, 0.15) is 17.4 Å². The van der Waals surface area contributed by atoms with Crippen molar-refractivity contribution in [2.24, 2.45) is 0 Å². The smallest absolute Gasteiger partial charge is 0.330 e. The Labute approximate surface area is 189 Å². The number of anilines is 2. The number of benzene rings is 2. The first-order valence-corrected chi connectivity index (χ1v) is 10.2. The zero-order valence-electron chi connectivity index (χ0n) is 18.1. The van der Waals surface area contributed by atoms with Crippen molar-refractivity contribution in [3.63, 3.8) is 0 Å². The van der Waals surface area contributed by atoms with Gasteiger partial charge in [0.05, 0.1) is 26.2 Å². The van der Waals surface area contributed by atoms with E-state index in [2.05, 4.69) is 4.98 Å². The van der Waals surface area contributed by atoms with E-state index in [1.54, 1.807) is 0 Å². The van der Waals surface area contributed by atoms with Crippen molar-refractivity contribution < 1.29 is 18.7 Å². The summed E-state index contributed by atoms with van der Waals surface area (Å²) >= 11 is 0. The minimum Gasteiger partial charge on any atom is -0.493 e. The molecule has 1 heterocycles. The zero-order valence-corrected chi connectivity index (χ0v) is 18.1. The van der Waals surface area contributed by atoms with E-state index < -0.39 is 23.0 Å². The molecule has 10 heteroatoms. The Hall–Kier alpha value is -3.92. The molecule has 33 heavy (non-hydrogen) atoms. The number of aromatic amines is 1. The Morgan fingerprint density at radius 3 is 2.45 bits per heavy atom. The summed E-state index contributed by atoms with van der Waals surface area (Å²) in [7, 11) is 1.46. The predicted molar refractivity (Wildman–Crippen MR) is 122 cm³/mol. The number of aromatic nitrogens is 2. The molecule has 0 atom stereocenters. The first-order valence-electron chi connectivity index (χ1n) is 10.2. The molecule has 0 aliphatic rings. The van der Waals surface area contributed by atoms with Gasteiger partial charge >= 0.3 is 5.69 Å². The highest BCUT2D eigenvalue weighted by Gasteiger charge is 2.24. The normalized spacial score (nSPS) is 10.7. The maximum atomic E-state index is 13.0. The molecule has 2 aromatic carbocycles. The Morgan fingerprint density at radius 1 is 1.09 bits per heavy atom. The molecule has 0 spiro atoms. The molecule has 1 aromatic heterocycles. The Morgan fingerprint density at radius 2 is 1.79 bits per heavy atom. The molecule has 9 nitrogen and oxygen atoms in total. The molecule has 3 aromatic rings. The summed E-state index contributed by atoms with van der Waals surface area (Å²) in [5.74, 6) is -0.571. The second-order valence-corrected chi connectivity index (χ2v) is 7.16. The number of nitrogens with one attached hydrogen (secondary N) is 1. The maximum Gasteiger partial charge on any atom is 0.330 e. The third kappa shape index (κ3) is 6.07. The number of nitrogens with two attached hydrogens (primary N) is 1. The van der Waals surface area contributed by atoms with Gasteiger partial charge in [0.25, 0.3) is 5.56 Å². The highest BCUT2D eigenvalue weighted by molar-refractivity contribution is 5.95. The van der Waals surface area contributed by atoms with Crippen molar-refractivity contribution in [3.8, 4) is 5.75 Å². The van der Waals surface area contributed by atoms with Crippen molar-refractivity contribution in [3.05, 3.63) is 86.8 Å². The van der Waals surface area contributed by atoms with E-state index in [1.165, 1.54) is 40.8 Å². The van der Waals surface area contributed by atoms with Gasteiger partial charge in [-0.3, -0.25) is 19.1 Å². The molecule has 0 fully saturated rings. The maximum absolute atomic E-state index is 13.0. The average Bonchev–Trinajstić information content (AvgIpc) is 2.80. The molecule has 0 aliphatic carbocycles. The minimum absolute atomic E-state index is 0.00455. The van der Waals surface area contributed by atoms with Crippen LogP contribution in [0.5, 0.6) is 5.75 Å². The quantitative estimate of drug-likeness (QED) is 0.480. The summed E-state index contributed by atoms with van der Waals surface area (Å²) in [6.07, 6.45) is -0.0855. The van der Waals surface area contributed by atoms with E-state index in [0.717, 1.165) is 5.56 Å². The minimum atomic E-state index is -0.772. The lowest BCUT2D eigenvalue weighted by atomic mass is 10.2. The number of amides is 1. The number of methoxy groups -OCH3 is 1. The zero-order chi connectivity index (χ0) is 23.8. The lowest BCUT2D eigenvalue weighted by molar-refractivity contribution is -0.119. The van der Waals surface area contributed by atoms with Crippen molar-refractivity contribution in [2.75, 3.05) is 37.5 Å². The third-order valence-electron chi connectivity index (χ3n) is 4.89. The molecule has 0 saturated carbocycles. The molecule has 0 saturated heterocycles. The number of nitrogen functional groups attached to an aromatic ring is 1. The van der Waals surface area contributed by atoms with E-state index >= 15 is 0 Å². The van der Waals surface area contributed by atoms with Crippen molar-refractivity contribution >= 4 is 17.4 Å². The summed E-state index contributed by atoms with van der Waals surface area (Å²) in [5, 5.41) is 0. The highest BCUT2D eigenvalue weighted by atomic mass is 19.1. The summed E-state index contributed by atoms with van der Waals surface area (Å²) in [5.41, 5.74) is 5.44. The van der Waals surface area contributed by atoms with Crippen LogP contribution in [0.4, 0.5) is 15.9 Å². The number of ether oxygens (including phenoxy) is 2. The molecular formula is C23H25FN4O5. The van der Waals surface area contributed by atoms with Crippen molar-refractivity contribution in [2.45, 2.75) is 13.0 Å². The first-order chi connectivity index (χ1) is 15.9. The van der Waals surface area contributed by atoms with Gasteiger partial charge in [-0.25, -0.2) is 9.18 Å². The standard InChI is InChI=1S/C23H25FN4O5/c1-32-14-12-27(19(29)11-13-33-18-9-7-17(24)8-10-18)20-21(25)28(23(31)26-22(20)30)15-16-5-3-2-4-6-16/h2-10H,11-15,25H2,1H3,(H,26,30,31). The van der Waals surface area contributed by atoms with E-state index in [1.807, 2.05) is 30.3 Å². The van der Waals surface area contributed by atoms with Gasteiger partial charge in [-0.15, -0.1) is 0 Å². The topological polar surface area (TPSA) is 120 Å². The van der Waals surface area contributed by atoms with Crippen molar-refractivity contribution in [1.82, 2.24) is 9.55 Å². The molecule has 1 amide bonds. The van der Waals surface area contributed by atoms with Crippen LogP contribution in [-0.4, -0.2) is 42.3 Å². The summed E-state index contributed by atoms with van der Waals surface area (Å²) in [4.78, 5) is 41.5. The first kappa shape index (κ1) is 23.7. The van der Waals surface area contributed by atoms with Gasteiger partial charge in [0, 0.05) is 13.7 Å². The fourth-order valence-corrected chi connectivity index (χ4v) is 3.23. The van der Waals surface area contributed by atoms with Crippen LogP contribution in [0.25, 0.3) is 0 Å². The summed E-state index contributed by atoms with van der Waals surface area (Å²) in [6, 6.07) is 14.5. The number of hydrogen-bond acceptors (Lipinski definition) is 6. The number of hydrogen-bond donors (Lipinski definition) is 2. The monoisotopic (exact) mass is 456 g/mol. The lowest BCUT2D eigenvalue weighted by Crippen LogP contribution is -2.43. The van der Waals surface area contributed by atoms with Gasteiger partial charge in [-0.1, -0.05) is 30.3 Å². The number of rotatable bonds is 10. The Balaban J connectivity index is 1.85. The number of H-pyrrole nitrogens is 1. The van der Waals surface area contributed by atoms with Crippen LogP contribution in [0.1, 0.15) is 12.0 Å². The molecule has 0 unspecified atom stereocenters. The molecule has 174 valence electrons. The van der Waals surface area contributed by atoms with Crippen LogP contribution in [0.3, 0.4) is 0 Å². The van der Waals surface area contributed by atoms with E-state index in [4.69, 9.17) is 15.2 Å². The molecule has 0 radical (unpaired) electrons. The van der Waals surface area contributed by atoms with Gasteiger partial charge < -0.3 is 20.1 Å². The van der Waals surface area contributed by atoms with Crippen LogP contribution >= 0.6 is 0 Å². The Bertz CT molecular complexity index is 1190. The molecular weight excluding hydrogens is 431 g/mol. The van der Waals surface area contributed by atoms with E-state index in [9.17, 15) is 18.8 Å². The van der Waals surface area contributed by atoms with Crippen LogP contribution in [0.2, 0.25) is 0 Å². The Kier molecular flexibility index (Phi) is 7.98. The van der Waals surface area contributed by atoms with Crippen molar-refractivity contribution in [1.29, 1.82) is 0 Å². The molecule has 0 aliphatic heterocycles. The SMILES string of the molecule is COCCN(C(=O)CCOc1ccc(F)cc1)c1c(N)n(Cc2ccccc2)c(=O)[nH]c1=O. The molecule has 3 rings (SSSR count). The van der Waals surface area contributed by atoms with E-state index in [0.29, 0.717) is 5.75 Å². The van der Waals surface area contributed by atoms with Gasteiger partial charge in [-0.05, 0) is 29.8 Å². The second-order valence-electron chi connectivity index (χ2n) is 7.16. The van der Waals surface area contributed by atoms with Crippen LogP contribution in [-0.2, 0) is 16.1 Å². The van der Waals surface area contributed by atoms with Crippen LogP contribution < -0.4 is 26.6 Å². The number of nitrogens with zero attached hydrogens (tertiary/aromatic N) is 2. The van der Waals surface area contributed by atoms with Crippen LogP contribution in [0, 0.1) is 5.82 Å². The molecule has 3 N–H and O–H groups in total. The number of halogens is 1. The highest BCUT2D eigenvalue weighted by Crippen LogP contribution is 2.19. The average molecular weight is 456 g/mol. The van der Waals surface area contributed by atoms with Gasteiger partial charge in [0.2, 0.25) is 5.91 Å². The fraction of sp³-hybridized carbons (Fsp3) is 0.261. The number of carbonyl (C=O) groups is 1. The third-order valence-corrected chi connectivity index (χ3v) is 4.89. The largest absolute Gasteiger partial charge is 0.493 e. The fourth-order valence-electron chi connectivity index (χ4n) is 3.23. The van der Waals surface area contributed by atoms with E-state index in [-0.39, 0.29) is 44.2 Å². The van der Waals surface area contributed by atoms with Gasteiger partial charge in [0.15, 0.2) is 5.69 Å². The summed E-state index contributed by atoms with van der Waals surface area (Å²) in [6.45, 7) is 0.300.